The van der Waals surface area contributed by atoms with E-state index >= 15 is 0 Å². The van der Waals surface area contributed by atoms with Crippen LogP contribution < -0.4 is 15.3 Å². The summed E-state index contributed by atoms with van der Waals surface area (Å²) in [7, 11) is 2.03. The van der Waals surface area contributed by atoms with Crippen LogP contribution in [0.1, 0.15) is 30.4 Å². The number of aromatic hydroxyl groups is 1. The minimum Gasteiger partial charge on any atom is -0.504 e. The lowest BCUT2D eigenvalue weighted by atomic mass is 10.1. The van der Waals surface area contributed by atoms with Crippen LogP contribution in [0.2, 0.25) is 0 Å². The van der Waals surface area contributed by atoms with Crippen LogP contribution in [0.4, 0.5) is 0 Å². The molecule has 4 heteroatoms. The van der Waals surface area contributed by atoms with Crippen molar-refractivity contribution in [3.63, 3.8) is 0 Å². The molecule has 3 nitrogen and oxygen atoms in total. The molecule has 1 N–H and O–H groups in total. The van der Waals surface area contributed by atoms with Gasteiger partial charge in [0.25, 0.3) is 0 Å². The van der Waals surface area contributed by atoms with Crippen molar-refractivity contribution >= 4 is 19.2 Å². The number of piperidine rings is 1. The van der Waals surface area contributed by atoms with Crippen molar-refractivity contribution in [1.29, 1.82) is 0 Å². The number of hydrogen-bond donors (Lipinski definition) is 1. The average Bonchev–Trinajstić information content (AvgIpc) is 2.60. The molecule has 2 aromatic carbocycles. The first-order chi connectivity index (χ1) is 11.7. The molecule has 3 rings (SSSR count). The number of phenolic OH excluding ortho intramolecular Hbond substituents is 1. The van der Waals surface area contributed by atoms with E-state index in [-0.39, 0.29) is 5.75 Å². The van der Waals surface area contributed by atoms with Crippen molar-refractivity contribution in [2.45, 2.75) is 32.7 Å². The van der Waals surface area contributed by atoms with Gasteiger partial charge in [-0.1, -0.05) is 45.3 Å². The number of phenols is 1. The first-order valence-electron chi connectivity index (χ1n) is 8.63. The molecule has 0 bridgehead atoms. The van der Waals surface area contributed by atoms with Crippen LogP contribution in [0.5, 0.6) is 11.5 Å². The molecule has 0 amide bonds. The normalized spacial score (nSPS) is 15.9. The van der Waals surface area contributed by atoms with Gasteiger partial charge in [0.15, 0.2) is 11.5 Å². The number of rotatable bonds is 5. The highest BCUT2D eigenvalue weighted by Gasteiger charge is 2.16. The Labute approximate surface area is 146 Å². The summed E-state index contributed by atoms with van der Waals surface area (Å²) in [5, 5.41) is 12.7. The third kappa shape index (κ3) is 3.91. The van der Waals surface area contributed by atoms with Crippen molar-refractivity contribution in [2.24, 2.45) is 0 Å². The summed E-state index contributed by atoms with van der Waals surface area (Å²) in [6.07, 6.45) is 3.97. The van der Waals surface area contributed by atoms with E-state index in [1.54, 1.807) is 13.2 Å². The van der Waals surface area contributed by atoms with E-state index in [1.165, 1.54) is 48.8 Å². The van der Waals surface area contributed by atoms with Gasteiger partial charge in [-0.15, -0.1) is 0 Å². The maximum Gasteiger partial charge on any atom is 0.165 e. The third-order valence-corrected chi connectivity index (χ3v) is 6.32. The zero-order valence-electron chi connectivity index (χ0n) is 14.5. The van der Waals surface area contributed by atoms with Crippen molar-refractivity contribution < 1.29 is 9.84 Å². The summed E-state index contributed by atoms with van der Waals surface area (Å²) in [4.78, 5) is 2.55. The van der Waals surface area contributed by atoms with E-state index in [4.69, 9.17) is 4.74 Å². The number of para-hydroxylation sites is 1. The number of nitrogens with zero attached hydrogens (tertiary/aromatic N) is 1. The molecule has 1 aliphatic rings. The van der Waals surface area contributed by atoms with E-state index < -0.39 is 0 Å². The van der Waals surface area contributed by atoms with Crippen LogP contribution in [-0.2, 0) is 6.54 Å². The van der Waals surface area contributed by atoms with Gasteiger partial charge in [0.2, 0.25) is 0 Å². The Balaban J connectivity index is 1.87. The summed E-state index contributed by atoms with van der Waals surface area (Å²) in [5.74, 6) is 0.816. The van der Waals surface area contributed by atoms with Crippen molar-refractivity contribution in [1.82, 2.24) is 4.90 Å². The second-order valence-electron chi connectivity index (χ2n) is 6.43. The van der Waals surface area contributed by atoms with E-state index in [0.29, 0.717) is 14.3 Å². The molecule has 1 unspecified atom stereocenters. The van der Waals surface area contributed by atoms with Crippen molar-refractivity contribution in [3.8, 4) is 11.5 Å². The lowest BCUT2D eigenvalue weighted by Gasteiger charge is -2.27. The predicted octanol–water partition coefficient (Wildman–Crippen LogP) is 3.32. The smallest absolute Gasteiger partial charge is 0.165 e. The number of methoxy groups -OCH3 is 1. The molecule has 24 heavy (non-hydrogen) atoms. The lowest BCUT2D eigenvalue weighted by molar-refractivity contribution is 0.221. The second kappa shape index (κ2) is 8.00. The Morgan fingerprint density at radius 2 is 1.83 bits per heavy atom. The highest BCUT2D eigenvalue weighted by atomic mass is 31.1. The Hall–Kier alpha value is -1.57. The standard InChI is InChI=1S/C20H26NO2P/c1-15-8-6-9-16(14-21-12-4-3-5-13-21)20(15)24-18-11-7-10-17(23-2)19(18)22/h6-11,22,24H,3-5,12-14H2,1-2H3. The fourth-order valence-corrected chi connectivity index (χ4v) is 4.61. The van der Waals surface area contributed by atoms with Gasteiger partial charge in [-0.05, 0) is 55.4 Å². The lowest BCUT2D eigenvalue weighted by Crippen LogP contribution is -2.31. The molecule has 0 aromatic heterocycles. The molecule has 1 aliphatic heterocycles. The first kappa shape index (κ1) is 17.3. The highest BCUT2D eigenvalue weighted by molar-refractivity contribution is 7.56. The second-order valence-corrected chi connectivity index (χ2v) is 7.72. The number of aryl methyl sites for hydroxylation is 1. The largest absolute Gasteiger partial charge is 0.504 e. The molecule has 0 spiro atoms. The molecule has 128 valence electrons. The van der Waals surface area contributed by atoms with Gasteiger partial charge in [-0.25, -0.2) is 0 Å². The number of benzene rings is 2. The highest BCUT2D eigenvalue weighted by Crippen LogP contribution is 2.29. The summed E-state index contributed by atoms with van der Waals surface area (Å²) in [5.41, 5.74) is 2.68. The molecule has 0 radical (unpaired) electrons. The zero-order valence-corrected chi connectivity index (χ0v) is 15.5. The van der Waals surface area contributed by atoms with E-state index in [1.807, 2.05) is 12.1 Å². The maximum absolute atomic E-state index is 10.4. The van der Waals surface area contributed by atoms with Crippen LogP contribution in [0.3, 0.4) is 0 Å². The van der Waals surface area contributed by atoms with Gasteiger partial charge in [0.05, 0.1) is 7.11 Å². The Morgan fingerprint density at radius 1 is 1.08 bits per heavy atom. The van der Waals surface area contributed by atoms with Gasteiger partial charge in [0, 0.05) is 11.8 Å². The van der Waals surface area contributed by atoms with Crippen LogP contribution in [-0.4, -0.2) is 30.2 Å². The predicted molar refractivity (Wildman–Crippen MR) is 103 cm³/mol. The molecular formula is C20H26NO2P. The van der Waals surface area contributed by atoms with Gasteiger partial charge in [-0.3, -0.25) is 4.90 Å². The molecule has 1 atom stereocenters. The summed E-state index contributed by atoms with van der Waals surface area (Å²) < 4.78 is 5.25. The van der Waals surface area contributed by atoms with Gasteiger partial charge in [-0.2, -0.15) is 0 Å². The van der Waals surface area contributed by atoms with Gasteiger partial charge < -0.3 is 9.84 Å². The third-order valence-electron chi connectivity index (χ3n) is 4.68. The average molecular weight is 343 g/mol. The quantitative estimate of drug-likeness (QED) is 0.846. The molecule has 1 fully saturated rings. The summed E-state index contributed by atoms with van der Waals surface area (Å²) in [6.45, 7) is 5.57. The number of likely N-dealkylation sites (tertiary alicyclic amines) is 1. The van der Waals surface area contributed by atoms with Crippen LogP contribution >= 0.6 is 8.58 Å². The SMILES string of the molecule is COc1cccc(Pc2c(C)cccc2CN2CCCCC2)c1O. The Morgan fingerprint density at radius 3 is 2.58 bits per heavy atom. The van der Waals surface area contributed by atoms with Crippen LogP contribution in [0.15, 0.2) is 36.4 Å². The summed E-state index contributed by atoms with van der Waals surface area (Å²) >= 11 is 0. The minimum absolute atomic E-state index is 0.269. The summed E-state index contributed by atoms with van der Waals surface area (Å²) in [6, 6.07) is 12.3. The molecular weight excluding hydrogens is 317 g/mol. The molecule has 2 aromatic rings. The number of hydrogen-bond acceptors (Lipinski definition) is 3. The van der Waals surface area contributed by atoms with Crippen molar-refractivity contribution in [3.05, 3.63) is 47.5 Å². The van der Waals surface area contributed by atoms with Gasteiger partial charge in [0.1, 0.15) is 0 Å². The number of ether oxygens (including phenoxy) is 1. The molecule has 0 aliphatic carbocycles. The van der Waals surface area contributed by atoms with Gasteiger partial charge >= 0.3 is 0 Å². The zero-order chi connectivity index (χ0) is 16.9. The topological polar surface area (TPSA) is 32.7 Å². The monoisotopic (exact) mass is 343 g/mol. The molecule has 1 heterocycles. The fraction of sp³-hybridized carbons (Fsp3) is 0.400. The molecule has 1 saturated heterocycles. The molecule has 0 saturated carbocycles. The van der Waals surface area contributed by atoms with Crippen LogP contribution in [0, 0.1) is 6.92 Å². The van der Waals surface area contributed by atoms with E-state index in [0.717, 1.165) is 11.8 Å². The Bertz CT molecular complexity index is 696. The first-order valence-corrected chi connectivity index (χ1v) is 9.63. The van der Waals surface area contributed by atoms with Crippen LogP contribution in [0.25, 0.3) is 0 Å². The van der Waals surface area contributed by atoms with E-state index in [9.17, 15) is 5.11 Å². The maximum atomic E-state index is 10.4. The fourth-order valence-electron chi connectivity index (χ4n) is 3.32. The minimum atomic E-state index is 0.269. The Kier molecular flexibility index (Phi) is 5.76. The van der Waals surface area contributed by atoms with Crippen molar-refractivity contribution in [2.75, 3.05) is 20.2 Å². The van der Waals surface area contributed by atoms with E-state index in [2.05, 4.69) is 30.0 Å².